The van der Waals surface area contributed by atoms with Crippen molar-refractivity contribution in [2.75, 3.05) is 31.5 Å². The number of rotatable bonds is 5. The highest BCUT2D eigenvalue weighted by Gasteiger charge is 2.26. The van der Waals surface area contributed by atoms with Crippen LogP contribution >= 0.6 is 0 Å². The monoisotopic (exact) mass is 349 g/mol. The Morgan fingerprint density at radius 2 is 2.08 bits per heavy atom. The summed E-state index contributed by atoms with van der Waals surface area (Å²) in [6.45, 7) is 5.59. The molecule has 1 aromatic heterocycles. The largest absolute Gasteiger partial charge is 0.348 e. The first-order chi connectivity index (χ1) is 12.0. The molecule has 0 unspecified atom stereocenters. The molecule has 0 radical (unpaired) electrons. The fraction of sp³-hybridized carbons (Fsp3) is 0.412. The number of hydrogen-bond donors (Lipinski definition) is 2. The number of aromatic amines is 1. The van der Waals surface area contributed by atoms with Gasteiger partial charge in [-0.25, -0.2) is 13.8 Å². The van der Waals surface area contributed by atoms with Crippen molar-refractivity contribution in [3.05, 3.63) is 48.1 Å². The Bertz CT molecular complexity index is 714. The van der Waals surface area contributed by atoms with Crippen molar-refractivity contribution in [1.29, 1.82) is 0 Å². The van der Waals surface area contributed by atoms with E-state index >= 15 is 0 Å². The molecule has 134 valence electrons. The average molecular weight is 349 g/mol. The summed E-state index contributed by atoms with van der Waals surface area (Å²) in [6.07, 6.45) is 3.52. The van der Waals surface area contributed by atoms with Gasteiger partial charge in [-0.1, -0.05) is 0 Å². The van der Waals surface area contributed by atoms with Crippen molar-refractivity contribution in [3.63, 3.8) is 0 Å². The van der Waals surface area contributed by atoms with Crippen LogP contribution in [-0.2, 0) is 11.3 Å². The van der Waals surface area contributed by atoms with Crippen LogP contribution in [0.5, 0.6) is 0 Å². The van der Waals surface area contributed by atoms with E-state index in [9.17, 15) is 13.6 Å². The number of carbonyl (C=O) groups is 1. The number of benzene rings is 1. The number of nitrogens with one attached hydrogen (secondary N) is 2. The quantitative estimate of drug-likeness (QED) is 0.865. The summed E-state index contributed by atoms with van der Waals surface area (Å²) in [5.74, 6) is -0.661. The first-order valence-electron chi connectivity index (χ1n) is 8.23. The summed E-state index contributed by atoms with van der Waals surface area (Å²) in [5.41, 5.74) is -0.131. The van der Waals surface area contributed by atoms with Crippen LogP contribution in [0.1, 0.15) is 12.7 Å². The molecule has 2 aromatic rings. The van der Waals surface area contributed by atoms with Crippen molar-refractivity contribution in [1.82, 2.24) is 19.8 Å². The minimum Gasteiger partial charge on any atom is -0.348 e. The van der Waals surface area contributed by atoms with E-state index < -0.39 is 17.7 Å². The van der Waals surface area contributed by atoms with Crippen molar-refractivity contribution < 1.29 is 13.6 Å². The predicted molar refractivity (Wildman–Crippen MR) is 89.9 cm³/mol. The molecular weight excluding hydrogens is 328 g/mol. The molecule has 0 bridgehead atoms. The first kappa shape index (κ1) is 17.5. The number of anilines is 1. The van der Waals surface area contributed by atoms with Gasteiger partial charge < -0.3 is 10.3 Å². The molecule has 0 saturated carbocycles. The van der Waals surface area contributed by atoms with Crippen molar-refractivity contribution in [2.45, 2.75) is 19.5 Å². The highest BCUT2D eigenvalue weighted by atomic mass is 19.1. The molecule has 25 heavy (non-hydrogen) atoms. The molecule has 1 fully saturated rings. The zero-order chi connectivity index (χ0) is 17.8. The molecule has 1 saturated heterocycles. The summed E-state index contributed by atoms with van der Waals surface area (Å²) < 4.78 is 26.9. The van der Waals surface area contributed by atoms with E-state index in [1.165, 1.54) is 0 Å². The maximum Gasteiger partial charge on any atom is 0.241 e. The minimum atomic E-state index is -0.648. The van der Waals surface area contributed by atoms with Crippen LogP contribution in [0.4, 0.5) is 14.5 Å². The van der Waals surface area contributed by atoms with E-state index in [-0.39, 0.29) is 11.6 Å². The SMILES string of the molecule is C[C@@H](C(=O)Nc1cc(F)ccc1F)N1CCN(Cc2ncc[nH]2)CC1. The average Bonchev–Trinajstić information content (AvgIpc) is 3.11. The summed E-state index contributed by atoms with van der Waals surface area (Å²) in [5, 5.41) is 2.47. The van der Waals surface area contributed by atoms with Gasteiger partial charge in [0.2, 0.25) is 5.91 Å². The van der Waals surface area contributed by atoms with Crippen LogP contribution in [0.2, 0.25) is 0 Å². The smallest absolute Gasteiger partial charge is 0.241 e. The summed E-state index contributed by atoms with van der Waals surface area (Å²) >= 11 is 0. The number of H-pyrrole nitrogens is 1. The Morgan fingerprint density at radius 3 is 2.76 bits per heavy atom. The highest BCUT2D eigenvalue weighted by molar-refractivity contribution is 5.94. The number of aromatic nitrogens is 2. The zero-order valence-electron chi connectivity index (χ0n) is 14.0. The minimum absolute atomic E-state index is 0.131. The van der Waals surface area contributed by atoms with E-state index in [0.717, 1.165) is 56.7 Å². The number of nitrogens with zero attached hydrogens (tertiary/aromatic N) is 3. The van der Waals surface area contributed by atoms with E-state index in [2.05, 4.69) is 20.2 Å². The van der Waals surface area contributed by atoms with Gasteiger partial charge >= 0.3 is 0 Å². The summed E-state index contributed by atoms with van der Waals surface area (Å²) in [4.78, 5) is 23.9. The standard InChI is InChI=1S/C17H21F2N5O/c1-12(17(25)22-15-10-13(18)2-3-14(15)19)24-8-6-23(7-9-24)11-16-20-4-5-21-16/h2-5,10,12H,6-9,11H2,1H3,(H,20,21)(H,22,25)/t12-/m0/s1. The lowest BCUT2D eigenvalue weighted by atomic mass is 10.2. The van der Waals surface area contributed by atoms with E-state index in [4.69, 9.17) is 0 Å². The Labute approximate surface area is 144 Å². The Kier molecular flexibility index (Phi) is 5.40. The van der Waals surface area contributed by atoms with Crippen LogP contribution < -0.4 is 5.32 Å². The van der Waals surface area contributed by atoms with E-state index in [1.54, 1.807) is 19.3 Å². The molecule has 1 aliphatic heterocycles. The number of piperazine rings is 1. The first-order valence-corrected chi connectivity index (χ1v) is 8.23. The second-order valence-electron chi connectivity index (χ2n) is 6.14. The maximum absolute atomic E-state index is 13.7. The predicted octanol–water partition coefficient (Wildman–Crippen LogP) is 1.83. The number of amides is 1. The van der Waals surface area contributed by atoms with Gasteiger partial charge in [0.05, 0.1) is 18.3 Å². The van der Waals surface area contributed by atoms with E-state index in [1.807, 2.05) is 4.90 Å². The molecule has 2 N–H and O–H groups in total. The summed E-state index contributed by atoms with van der Waals surface area (Å²) in [6, 6.07) is 2.59. The van der Waals surface area contributed by atoms with Crippen LogP contribution in [0.3, 0.4) is 0 Å². The Hall–Kier alpha value is -2.32. The number of carbonyl (C=O) groups excluding carboxylic acids is 1. The number of hydrogen-bond acceptors (Lipinski definition) is 4. The molecule has 6 nitrogen and oxygen atoms in total. The van der Waals surface area contributed by atoms with Crippen LogP contribution in [0.25, 0.3) is 0 Å². The number of imidazole rings is 1. The van der Waals surface area contributed by atoms with Gasteiger partial charge in [0.15, 0.2) is 0 Å². The lowest BCUT2D eigenvalue weighted by molar-refractivity contribution is -0.121. The normalized spacial score (nSPS) is 17.4. The third kappa shape index (κ3) is 4.40. The summed E-state index contributed by atoms with van der Waals surface area (Å²) in [7, 11) is 0. The molecule has 0 spiro atoms. The second-order valence-corrected chi connectivity index (χ2v) is 6.14. The van der Waals surface area contributed by atoms with Crippen molar-refractivity contribution in [2.24, 2.45) is 0 Å². The fourth-order valence-electron chi connectivity index (χ4n) is 2.90. The van der Waals surface area contributed by atoms with Gasteiger partial charge in [-0.05, 0) is 19.1 Å². The molecular formula is C17H21F2N5O. The van der Waals surface area contributed by atoms with Crippen LogP contribution in [0, 0.1) is 11.6 Å². The molecule has 1 atom stereocenters. The Balaban J connectivity index is 1.52. The molecule has 1 amide bonds. The van der Waals surface area contributed by atoms with Crippen molar-refractivity contribution >= 4 is 11.6 Å². The van der Waals surface area contributed by atoms with Crippen molar-refractivity contribution in [3.8, 4) is 0 Å². The lowest BCUT2D eigenvalue weighted by Crippen LogP contribution is -2.52. The van der Waals surface area contributed by atoms with Gasteiger partial charge in [-0.2, -0.15) is 0 Å². The number of halogens is 2. The lowest BCUT2D eigenvalue weighted by Gasteiger charge is -2.37. The van der Waals surface area contributed by atoms with E-state index in [0.29, 0.717) is 0 Å². The van der Waals surface area contributed by atoms with Gasteiger partial charge in [0.1, 0.15) is 17.5 Å². The topological polar surface area (TPSA) is 64.3 Å². The van der Waals surface area contributed by atoms with Gasteiger partial charge in [-0.3, -0.25) is 14.6 Å². The molecule has 0 aliphatic carbocycles. The Morgan fingerprint density at radius 1 is 1.32 bits per heavy atom. The van der Waals surface area contributed by atoms with Gasteiger partial charge in [0.25, 0.3) is 0 Å². The third-order valence-electron chi connectivity index (χ3n) is 4.45. The van der Waals surface area contributed by atoms with Gasteiger partial charge in [-0.15, -0.1) is 0 Å². The third-order valence-corrected chi connectivity index (χ3v) is 4.45. The zero-order valence-corrected chi connectivity index (χ0v) is 14.0. The highest BCUT2D eigenvalue weighted by Crippen LogP contribution is 2.17. The molecule has 3 rings (SSSR count). The molecule has 1 aromatic carbocycles. The van der Waals surface area contributed by atoms with Gasteiger partial charge in [0, 0.05) is 44.6 Å². The van der Waals surface area contributed by atoms with Crippen LogP contribution in [-0.4, -0.2) is 57.9 Å². The molecule has 1 aliphatic rings. The van der Waals surface area contributed by atoms with Crippen LogP contribution in [0.15, 0.2) is 30.6 Å². The maximum atomic E-state index is 13.7. The molecule has 2 heterocycles. The second kappa shape index (κ2) is 7.71. The molecule has 8 heteroatoms. The fourth-order valence-corrected chi connectivity index (χ4v) is 2.90.